The Bertz CT molecular complexity index is 835. The van der Waals surface area contributed by atoms with Crippen LogP contribution in [0, 0.1) is 16.7 Å². The van der Waals surface area contributed by atoms with Crippen molar-refractivity contribution >= 4 is 6.09 Å². The Balaban J connectivity index is 1.94. The van der Waals surface area contributed by atoms with Crippen LogP contribution in [0.25, 0.3) is 11.1 Å². The summed E-state index contributed by atoms with van der Waals surface area (Å²) in [4.78, 5) is 11.2. The lowest BCUT2D eigenvalue weighted by Gasteiger charge is -2.39. The van der Waals surface area contributed by atoms with Gasteiger partial charge in [0.15, 0.2) is 0 Å². The second-order valence-electron chi connectivity index (χ2n) is 6.94. The van der Waals surface area contributed by atoms with Gasteiger partial charge in [0.25, 0.3) is 0 Å². The maximum atomic E-state index is 11.2. The van der Waals surface area contributed by atoms with E-state index >= 15 is 0 Å². The van der Waals surface area contributed by atoms with Crippen molar-refractivity contribution in [3.05, 3.63) is 53.6 Å². The molecule has 0 saturated carbocycles. The molecule has 1 amide bonds. The Hall–Kier alpha value is -3.00. The van der Waals surface area contributed by atoms with Crippen LogP contribution >= 0.6 is 0 Å². The highest BCUT2D eigenvalue weighted by atomic mass is 16.5. The van der Waals surface area contributed by atoms with E-state index in [4.69, 9.17) is 15.1 Å². The predicted octanol–water partition coefficient (Wildman–Crippen LogP) is 4.15. The molecular formula is C20H20N2O3. The SMILES string of the molecule is CC1(C)COc2cc(-c3ccc(CC#N)cc3)ccc2C1NC(=O)O. The molecule has 0 fully saturated rings. The fraction of sp³-hybridized carbons (Fsp3) is 0.300. The summed E-state index contributed by atoms with van der Waals surface area (Å²) in [5.74, 6) is 0.705. The van der Waals surface area contributed by atoms with Gasteiger partial charge in [-0.25, -0.2) is 4.79 Å². The average molecular weight is 336 g/mol. The molecule has 3 rings (SSSR count). The van der Waals surface area contributed by atoms with Crippen molar-refractivity contribution in [1.82, 2.24) is 5.32 Å². The fourth-order valence-corrected chi connectivity index (χ4v) is 3.15. The largest absolute Gasteiger partial charge is 0.493 e. The summed E-state index contributed by atoms with van der Waals surface area (Å²) < 4.78 is 5.90. The molecule has 0 aromatic heterocycles. The molecule has 2 aromatic carbocycles. The van der Waals surface area contributed by atoms with Crippen molar-refractivity contribution in [3.63, 3.8) is 0 Å². The molecule has 0 aliphatic carbocycles. The molecule has 1 aliphatic rings. The standard InChI is InChI=1S/C20H20N2O3/c1-20(2)12-25-17-11-15(7-8-16(17)18(20)22-19(23)24)14-5-3-13(4-6-14)9-10-21/h3-8,11,18,22H,9,12H2,1-2H3,(H,23,24). The average Bonchev–Trinajstić information content (AvgIpc) is 2.58. The molecule has 1 heterocycles. The van der Waals surface area contributed by atoms with Gasteiger partial charge in [-0.15, -0.1) is 0 Å². The van der Waals surface area contributed by atoms with E-state index < -0.39 is 6.09 Å². The van der Waals surface area contributed by atoms with Crippen LogP contribution in [0.2, 0.25) is 0 Å². The molecule has 0 radical (unpaired) electrons. The van der Waals surface area contributed by atoms with Crippen molar-refractivity contribution in [2.75, 3.05) is 6.61 Å². The number of benzene rings is 2. The van der Waals surface area contributed by atoms with Crippen LogP contribution in [0.1, 0.15) is 31.0 Å². The number of hydrogen-bond acceptors (Lipinski definition) is 3. The first kappa shape index (κ1) is 16.8. The Morgan fingerprint density at radius 2 is 1.96 bits per heavy atom. The number of carbonyl (C=O) groups is 1. The van der Waals surface area contributed by atoms with Crippen LogP contribution in [0.5, 0.6) is 5.75 Å². The zero-order valence-electron chi connectivity index (χ0n) is 14.2. The summed E-state index contributed by atoms with van der Waals surface area (Å²) >= 11 is 0. The second kappa shape index (κ2) is 6.48. The van der Waals surface area contributed by atoms with Crippen LogP contribution in [0.4, 0.5) is 4.79 Å². The summed E-state index contributed by atoms with van der Waals surface area (Å²) in [7, 11) is 0. The molecule has 1 unspecified atom stereocenters. The van der Waals surface area contributed by atoms with Crippen molar-refractivity contribution in [1.29, 1.82) is 5.26 Å². The van der Waals surface area contributed by atoms with Gasteiger partial charge in [-0.05, 0) is 22.8 Å². The van der Waals surface area contributed by atoms with E-state index in [0.29, 0.717) is 18.8 Å². The van der Waals surface area contributed by atoms with E-state index in [2.05, 4.69) is 11.4 Å². The Labute approximate surface area is 146 Å². The molecule has 1 aliphatic heterocycles. The zero-order chi connectivity index (χ0) is 18.0. The zero-order valence-corrected chi connectivity index (χ0v) is 14.2. The number of nitrogens with zero attached hydrogens (tertiary/aromatic N) is 1. The van der Waals surface area contributed by atoms with E-state index in [1.54, 1.807) is 0 Å². The summed E-state index contributed by atoms with van der Waals surface area (Å²) in [5, 5.41) is 20.5. The molecule has 0 spiro atoms. The highest BCUT2D eigenvalue weighted by Gasteiger charge is 2.38. The number of fused-ring (bicyclic) bond motifs is 1. The van der Waals surface area contributed by atoms with E-state index in [-0.39, 0.29) is 11.5 Å². The van der Waals surface area contributed by atoms with E-state index in [1.165, 1.54) is 0 Å². The number of ether oxygens (including phenoxy) is 1. The van der Waals surface area contributed by atoms with Gasteiger partial charge in [0.05, 0.1) is 25.1 Å². The smallest absolute Gasteiger partial charge is 0.405 e. The summed E-state index contributed by atoms with van der Waals surface area (Å²) in [5.41, 5.74) is 3.53. The highest BCUT2D eigenvalue weighted by Crippen LogP contribution is 2.44. The summed E-state index contributed by atoms with van der Waals surface area (Å²) in [6.45, 7) is 4.41. The quantitative estimate of drug-likeness (QED) is 0.882. The first-order valence-corrected chi connectivity index (χ1v) is 8.13. The molecule has 25 heavy (non-hydrogen) atoms. The lowest BCUT2D eigenvalue weighted by Crippen LogP contribution is -2.43. The van der Waals surface area contributed by atoms with Crippen LogP contribution < -0.4 is 10.1 Å². The first-order chi connectivity index (χ1) is 11.9. The van der Waals surface area contributed by atoms with Crippen molar-refractivity contribution in [3.8, 4) is 22.9 Å². The molecule has 2 N–H and O–H groups in total. The number of amides is 1. The lowest BCUT2D eigenvalue weighted by atomic mass is 9.78. The predicted molar refractivity (Wildman–Crippen MR) is 94.4 cm³/mol. The fourth-order valence-electron chi connectivity index (χ4n) is 3.15. The molecule has 2 aromatic rings. The number of rotatable bonds is 3. The number of hydrogen-bond donors (Lipinski definition) is 2. The number of nitrogens with one attached hydrogen (secondary N) is 1. The van der Waals surface area contributed by atoms with Crippen LogP contribution in [-0.2, 0) is 6.42 Å². The van der Waals surface area contributed by atoms with Gasteiger partial charge < -0.3 is 15.2 Å². The van der Waals surface area contributed by atoms with Crippen molar-refractivity contribution in [2.24, 2.45) is 5.41 Å². The van der Waals surface area contributed by atoms with Crippen molar-refractivity contribution in [2.45, 2.75) is 26.3 Å². The number of nitriles is 1. The second-order valence-corrected chi connectivity index (χ2v) is 6.94. The van der Waals surface area contributed by atoms with Gasteiger partial charge in [0, 0.05) is 11.0 Å². The van der Waals surface area contributed by atoms with Gasteiger partial charge in [-0.1, -0.05) is 50.2 Å². The van der Waals surface area contributed by atoms with Gasteiger partial charge in [0.2, 0.25) is 0 Å². The Morgan fingerprint density at radius 3 is 2.60 bits per heavy atom. The molecular weight excluding hydrogens is 316 g/mol. The van der Waals surface area contributed by atoms with Gasteiger partial charge in [0.1, 0.15) is 5.75 Å². The highest BCUT2D eigenvalue weighted by molar-refractivity contribution is 5.69. The first-order valence-electron chi connectivity index (χ1n) is 8.13. The van der Waals surface area contributed by atoms with Crippen molar-refractivity contribution < 1.29 is 14.6 Å². The summed E-state index contributed by atoms with van der Waals surface area (Å²) in [6, 6.07) is 15.5. The Kier molecular flexibility index (Phi) is 4.37. The topological polar surface area (TPSA) is 82.3 Å². The van der Waals surface area contributed by atoms with Crippen LogP contribution in [-0.4, -0.2) is 17.8 Å². The molecule has 5 nitrogen and oxygen atoms in total. The third-order valence-electron chi connectivity index (χ3n) is 4.54. The minimum absolute atomic E-state index is 0.319. The molecule has 0 saturated heterocycles. The van der Waals surface area contributed by atoms with E-state index in [1.807, 2.05) is 56.3 Å². The normalized spacial score (nSPS) is 17.7. The Morgan fingerprint density at radius 1 is 1.28 bits per heavy atom. The minimum atomic E-state index is -1.04. The number of carboxylic acid groups (broad SMARTS) is 1. The summed E-state index contributed by atoms with van der Waals surface area (Å²) in [6.07, 6.45) is -0.645. The minimum Gasteiger partial charge on any atom is -0.493 e. The van der Waals surface area contributed by atoms with E-state index in [9.17, 15) is 4.79 Å². The lowest BCUT2D eigenvalue weighted by molar-refractivity contribution is 0.0996. The van der Waals surface area contributed by atoms with Crippen LogP contribution in [0.15, 0.2) is 42.5 Å². The van der Waals surface area contributed by atoms with Gasteiger partial charge >= 0.3 is 6.09 Å². The molecule has 128 valence electrons. The van der Waals surface area contributed by atoms with Gasteiger partial charge in [-0.3, -0.25) is 0 Å². The molecule has 0 bridgehead atoms. The maximum Gasteiger partial charge on any atom is 0.405 e. The maximum absolute atomic E-state index is 11.2. The third-order valence-corrected chi connectivity index (χ3v) is 4.54. The molecule has 5 heteroatoms. The van der Waals surface area contributed by atoms with Gasteiger partial charge in [-0.2, -0.15) is 5.26 Å². The monoisotopic (exact) mass is 336 g/mol. The molecule has 1 atom stereocenters. The third kappa shape index (κ3) is 3.43. The van der Waals surface area contributed by atoms with E-state index in [0.717, 1.165) is 22.3 Å². The van der Waals surface area contributed by atoms with Crippen LogP contribution in [0.3, 0.4) is 0 Å².